The van der Waals surface area contributed by atoms with Crippen LogP contribution >= 0.6 is 15.9 Å². The van der Waals surface area contributed by atoms with Crippen LogP contribution < -0.4 is 24.4 Å². The summed E-state index contributed by atoms with van der Waals surface area (Å²) in [5, 5.41) is 0.402. The maximum Gasteiger partial charge on any atom is 0.291 e. The van der Waals surface area contributed by atoms with Gasteiger partial charge < -0.3 is 28.3 Å². The second-order valence-corrected chi connectivity index (χ2v) is 11.4. The van der Waals surface area contributed by atoms with E-state index in [-0.39, 0.29) is 30.4 Å². The van der Waals surface area contributed by atoms with E-state index in [2.05, 4.69) is 29.8 Å². The second-order valence-electron chi connectivity index (χ2n) is 10.5. The number of carbonyl (C=O) groups excluding carboxylic acids is 1. The van der Waals surface area contributed by atoms with Gasteiger partial charge in [-0.3, -0.25) is 9.59 Å². The lowest BCUT2D eigenvalue weighted by molar-refractivity contribution is 0.0714. The number of hydrogen-bond acceptors (Lipinski definition) is 7. The van der Waals surface area contributed by atoms with E-state index in [9.17, 15) is 9.59 Å². The highest BCUT2D eigenvalue weighted by molar-refractivity contribution is 9.10. The normalized spacial score (nSPS) is 15.6. The summed E-state index contributed by atoms with van der Waals surface area (Å²) in [6.07, 6.45) is 0.908. The van der Waals surface area contributed by atoms with Gasteiger partial charge in [-0.05, 0) is 72.9 Å². The van der Waals surface area contributed by atoms with Crippen molar-refractivity contribution in [2.24, 2.45) is 5.92 Å². The van der Waals surface area contributed by atoms with E-state index < -0.39 is 6.04 Å². The first-order chi connectivity index (χ1) is 19.8. The summed E-state index contributed by atoms with van der Waals surface area (Å²) in [6, 6.07) is 15.7. The molecule has 3 heterocycles. The van der Waals surface area contributed by atoms with Crippen molar-refractivity contribution < 1.29 is 28.2 Å². The Bertz CT molecular complexity index is 1700. The van der Waals surface area contributed by atoms with E-state index >= 15 is 0 Å². The lowest BCUT2D eigenvalue weighted by Crippen LogP contribution is -2.29. The first-order valence-corrected chi connectivity index (χ1v) is 14.5. The Morgan fingerprint density at radius 3 is 2.61 bits per heavy atom. The molecule has 0 fully saturated rings. The Kier molecular flexibility index (Phi) is 7.38. The highest BCUT2D eigenvalue weighted by Gasteiger charge is 2.43. The van der Waals surface area contributed by atoms with E-state index in [1.807, 2.05) is 43.3 Å². The van der Waals surface area contributed by atoms with Gasteiger partial charge in [0.15, 0.2) is 28.4 Å². The summed E-state index contributed by atoms with van der Waals surface area (Å²) in [5.41, 5.74) is 1.97. The molecular formula is C32H30BrNO7. The molecule has 0 radical (unpaired) electrons. The summed E-state index contributed by atoms with van der Waals surface area (Å²) >= 11 is 3.45. The summed E-state index contributed by atoms with van der Waals surface area (Å²) in [7, 11) is 0. The predicted octanol–water partition coefficient (Wildman–Crippen LogP) is 6.85. The fourth-order valence-electron chi connectivity index (χ4n) is 5.23. The van der Waals surface area contributed by atoms with Gasteiger partial charge in [0.05, 0.1) is 30.2 Å². The van der Waals surface area contributed by atoms with E-state index in [0.717, 1.165) is 22.0 Å². The van der Waals surface area contributed by atoms with Crippen LogP contribution in [0.4, 0.5) is 0 Å². The van der Waals surface area contributed by atoms with Gasteiger partial charge in [0.2, 0.25) is 12.6 Å². The summed E-state index contributed by atoms with van der Waals surface area (Å²) in [6.45, 7) is 7.57. The highest BCUT2D eigenvalue weighted by atomic mass is 79.9. The minimum atomic E-state index is -0.702. The molecule has 1 atom stereocenters. The number of rotatable bonds is 9. The number of hydrogen-bond donors (Lipinski definition) is 0. The number of benzene rings is 3. The fourth-order valence-corrected chi connectivity index (χ4v) is 5.59. The molecule has 0 bridgehead atoms. The number of nitrogens with zero attached hydrogens (tertiary/aromatic N) is 1. The third-order valence-electron chi connectivity index (χ3n) is 7.25. The maximum absolute atomic E-state index is 14.0. The fraction of sp³-hybridized carbons (Fsp3) is 0.312. The van der Waals surface area contributed by atoms with Crippen molar-refractivity contribution in [3.05, 3.63) is 91.7 Å². The zero-order valence-electron chi connectivity index (χ0n) is 23.1. The molecule has 41 heavy (non-hydrogen) atoms. The SMILES string of the molecule is CCOc1cc(C2c3c(oc4ccc(Br)cc4c3=O)C(=O)N2Cc2ccc3c(c2)OCO3)ccc1OCCC(C)C. The van der Waals surface area contributed by atoms with Crippen LogP contribution in [0.15, 0.2) is 68.3 Å². The van der Waals surface area contributed by atoms with Crippen LogP contribution in [0.5, 0.6) is 23.0 Å². The van der Waals surface area contributed by atoms with Gasteiger partial charge in [-0.15, -0.1) is 0 Å². The summed E-state index contributed by atoms with van der Waals surface area (Å²) in [5.74, 6) is 2.65. The number of carbonyl (C=O) groups is 1. The Labute approximate surface area is 245 Å². The molecule has 2 aliphatic rings. The van der Waals surface area contributed by atoms with Gasteiger partial charge in [-0.2, -0.15) is 0 Å². The molecule has 0 aliphatic carbocycles. The largest absolute Gasteiger partial charge is 0.490 e. The van der Waals surface area contributed by atoms with Gasteiger partial charge in [-0.1, -0.05) is 41.9 Å². The molecule has 0 saturated carbocycles. The smallest absolute Gasteiger partial charge is 0.291 e. The first kappa shape index (κ1) is 27.2. The van der Waals surface area contributed by atoms with Crippen molar-refractivity contribution in [1.29, 1.82) is 0 Å². The third kappa shape index (κ3) is 5.14. The average Bonchev–Trinajstić information content (AvgIpc) is 3.52. The van der Waals surface area contributed by atoms with Crippen LogP contribution in [-0.4, -0.2) is 30.8 Å². The first-order valence-electron chi connectivity index (χ1n) is 13.7. The number of fused-ring (bicyclic) bond motifs is 3. The van der Waals surface area contributed by atoms with Gasteiger partial charge in [0.1, 0.15) is 5.58 Å². The quantitative estimate of drug-likeness (QED) is 0.202. The molecule has 0 saturated heterocycles. The number of amides is 1. The van der Waals surface area contributed by atoms with Crippen LogP contribution in [0.2, 0.25) is 0 Å². The van der Waals surface area contributed by atoms with Crippen LogP contribution in [-0.2, 0) is 6.54 Å². The molecule has 1 amide bonds. The molecule has 1 aromatic heterocycles. The lowest BCUT2D eigenvalue weighted by Gasteiger charge is -2.26. The Morgan fingerprint density at radius 2 is 1.80 bits per heavy atom. The maximum atomic E-state index is 14.0. The van der Waals surface area contributed by atoms with Gasteiger partial charge in [0.25, 0.3) is 5.91 Å². The van der Waals surface area contributed by atoms with Crippen molar-refractivity contribution in [1.82, 2.24) is 4.90 Å². The van der Waals surface area contributed by atoms with Crippen molar-refractivity contribution in [3.63, 3.8) is 0 Å². The van der Waals surface area contributed by atoms with E-state index in [4.69, 9.17) is 23.4 Å². The van der Waals surface area contributed by atoms with Crippen molar-refractivity contribution in [3.8, 4) is 23.0 Å². The average molecular weight is 620 g/mol. The van der Waals surface area contributed by atoms with Gasteiger partial charge in [-0.25, -0.2) is 0 Å². The standard InChI is InChI=1S/C32H30BrNO7/c1-4-37-27-14-20(6-9-24(27)38-12-11-18(2)3)29-28-30(35)22-15-21(33)7-10-23(22)41-31(28)32(36)34(29)16-19-5-8-25-26(13-19)40-17-39-25/h5-10,13-15,18,29H,4,11-12,16-17H2,1-3H3. The van der Waals surface area contributed by atoms with Crippen LogP contribution in [0.3, 0.4) is 0 Å². The number of ether oxygens (including phenoxy) is 4. The molecule has 3 aromatic carbocycles. The van der Waals surface area contributed by atoms with Gasteiger partial charge in [0, 0.05) is 11.0 Å². The minimum absolute atomic E-state index is 0.0470. The zero-order valence-corrected chi connectivity index (χ0v) is 24.7. The topological polar surface area (TPSA) is 87.4 Å². The second kappa shape index (κ2) is 11.1. The Morgan fingerprint density at radius 1 is 0.976 bits per heavy atom. The number of halogens is 1. The molecule has 9 heteroatoms. The molecule has 0 spiro atoms. The third-order valence-corrected chi connectivity index (χ3v) is 7.75. The summed E-state index contributed by atoms with van der Waals surface area (Å²) < 4.78 is 29.9. The zero-order chi connectivity index (χ0) is 28.7. The minimum Gasteiger partial charge on any atom is -0.490 e. The van der Waals surface area contributed by atoms with Crippen molar-refractivity contribution in [2.75, 3.05) is 20.0 Å². The molecule has 0 N–H and O–H groups in total. The van der Waals surface area contributed by atoms with Gasteiger partial charge >= 0.3 is 0 Å². The van der Waals surface area contributed by atoms with E-state index in [1.165, 1.54) is 0 Å². The molecule has 8 nitrogen and oxygen atoms in total. The highest BCUT2D eigenvalue weighted by Crippen LogP contribution is 2.43. The van der Waals surface area contributed by atoms with E-state index in [1.54, 1.807) is 23.1 Å². The monoisotopic (exact) mass is 619 g/mol. The van der Waals surface area contributed by atoms with Crippen molar-refractivity contribution in [2.45, 2.75) is 39.8 Å². The molecule has 2 aliphatic heterocycles. The van der Waals surface area contributed by atoms with Crippen LogP contribution in [0.1, 0.15) is 60.5 Å². The predicted molar refractivity (Wildman–Crippen MR) is 157 cm³/mol. The Hall–Kier alpha value is -3.98. The van der Waals surface area contributed by atoms with Crippen molar-refractivity contribution >= 4 is 32.8 Å². The molecule has 212 valence electrons. The van der Waals surface area contributed by atoms with Crippen LogP contribution in [0, 0.1) is 5.92 Å². The molecular weight excluding hydrogens is 590 g/mol. The van der Waals surface area contributed by atoms with E-state index in [0.29, 0.717) is 58.7 Å². The lowest BCUT2D eigenvalue weighted by atomic mass is 9.97. The summed E-state index contributed by atoms with van der Waals surface area (Å²) in [4.78, 5) is 29.6. The molecule has 1 unspecified atom stereocenters. The molecule has 4 aromatic rings. The van der Waals surface area contributed by atoms with Crippen LogP contribution in [0.25, 0.3) is 11.0 Å². The molecule has 6 rings (SSSR count). The Balaban J connectivity index is 1.46.